The Balaban J connectivity index is 1.35. The van der Waals surface area contributed by atoms with Crippen LogP contribution < -0.4 is 15.1 Å². The number of morpholine rings is 1. The van der Waals surface area contributed by atoms with Crippen molar-refractivity contribution >= 4 is 23.0 Å². The summed E-state index contributed by atoms with van der Waals surface area (Å²) in [5.74, 6) is 0.536. The van der Waals surface area contributed by atoms with E-state index in [2.05, 4.69) is 56.5 Å². The summed E-state index contributed by atoms with van der Waals surface area (Å²) in [4.78, 5) is 13.8. The van der Waals surface area contributed by atoms with Gasteiger partial charge in [0.25, 0.3) is 0 Å². The largest absolute Gasteiger partial charge is 0.378 e. The first kappa shape index (κ1) is 21.2. The van der Waals surface area contributed by atoms with Crippen molar-refractivity contribution in [1.29, 1.82) is 5.26 Å². The van der Waals surface area contributed by atoms with Crippen LogP contribution in [0, 0.1) is 11.3 Å². The Kier molecular flexibility index (Phi) is 6.36. The van der Waals surface area contributed by atoms with Gasteiger partial charge in [-0.15, -0.1) is 0 Å². The van der Waals surface area contributed by atoms with Gasteiger partial charge in [0, 0.05) is 55.0 Å². The Hall–Kier alpha value is -3.63. The molecule has 2 saturated heterocycles. The van der Waals surface area contributed by atoms with Gasteiger partial charge in [0.15, 0.2) is 0 Å². The molecule has 2 aliphatic rings. The second-order valence-electron chi connectivity index (χ2n) is 8.46. The fourth-order valence-electron chi connectivity index (χ4n) is 4.44. The summed E-state index contributed by atoms with van der Waals surface area (Å²) in [6.07, 6.45) is 5.61. The molecule has 7 nitrogen and oxygen atoms in total. The number of nitrogens with zero attached hydrogens (tertiary/aromatic N) is 5. The minimum absolute atomic E-state index is 0.536. The van der Waals surface area contributed by atoms with Gasteiger partial charge in [-0.05, 0) is 67.8 Å². The highest BCUT2D eigenvalue weighted by molar-refractivity contribution is 5.70. The zero-order valence-corrected chi connectivity index (χ0v) is 18.7. The second kappa shape index (κ2) is 9.88. The normalized spacial score (nSPS) is 16.3. The van der Waals surface area contributed by atoms with Crippen molar-refractivity contribution in [2.24, 2.45) is 0 Å². The molecule has 0 saturated carbocycles. The molecule has 2 fully saturated rings. The number of ether oxygens (including phenoxy) is 1. The highest BCUT2D eigenvalue weighted by Gasteiger charge is 2.15. The number of benzene rings is 2. The predicted molar refractivity (Wildman–Crippen MR) is 131 cm³/mol. The monoisotopic (exact) mass is 440 g/mol. The maximum absolute atomic E-state index is 9.56. The third kappa shape index (κ3) is 5.07. The number of rotatable bonds is 5. The minimum Gasteiger partial charge on any atom is -0.378 e. The first-order chi connectivity index (χ1) is 16.3. The van der Waals surface area contributed by atoms with E-state index in [9.17, 15) is 5.26 Å². The number of hydrogen-bond acceptors (Lipinski definition) is 7. The van der Waals surface area contributed by atoms with E-state index in [0.717, 1.165) is 48.8 Å². The molecule has 3 aromatic rings. The fraction of sp³-hybridized carbons (Fsp3) is 0.346. The lowest BCUT2D eigenvalue weighted by Crippen LogP contribution is -2.36. The van der Waals surface area contributed by atoms with Crippen LogP contribution in [0.2, 0.25) is 0 Å². The van der Waals surface area contributed by atoms with Gasteiger partial charge in [-0.25, -0.2) is 9.97 Å². The first-order valence-electron chi connectivity index (χ1n) is 11.6. The van der Waals surface area contributed by atoms with Crippen molar-refractivity contribution < 1.29 is 4.74 Å². The van der Waals surface area contributed by atoms with Crippen molar-refractivity contribution in [1.82, 2.24) is 9.97 Å². The number of nitriles is 1. The summed E-state index contributed by atoms with van der Waals surface area (Å²) >= 11 is 0. The lowest BCUT2D eigenvalue weighted by atomic mass is 10.1. The van der Waals surface area contributed by atoms with Crippen molar-refractivity contribution in [3.8, 4) is 17.3 Å². The average molecular weight is 441 g/mol. The van der Waals surface area contributed by atoms with E-state index in [4.69, 9.17) is 9.72 Å². The molecule has 2 aliphatic heterocycles. The topological polar surface area (TPSA) is 77.3 Å². The second-order valence-corrected chi connectivity index (χ2v) is 8.46. The predicted octanol–water partition coefficient (Wildman–Crippen LogP) is 4.59. The molecule has 168 valence electrons. The van der Waals surface area contributed by atoms with Crippen LogP contribution in [0.25, 0.3) is 11.3 Å². The Morgan fingerprint density at radius 3 is 2.36 bits per heavy atom. The van der Waals surface area contributed by atoms with Crippen LogP contribution in [0.5, 0.6) is 0 Å². The number of hydrogen-bond donors (Lipinski definition) is 1. The van der Waals surface area contributed by atoms with Crippen molar-refractivity contribution in [2.45, 2.75) is 19.3 Å². The van der Waals surface area contributed by atoms with E-state index in [1.807, 2.05) is 18.2 Å². The first-order valence-corrected chi connectivity index (χ1v) is 11.6. The minimum atomic E-state index is 0.536. The van der Waals surface area contributed by atoms with E-state index in [1.54, 1.807) is 6.20 Å². The summed E-state index contributed by atoms with van der Waals surface area (Å²) in [6.45, 7) is 5.30. The van der Waals surface area contributed by atoms with Gasteiger partial charge in [0.2, 0.25) is 5.95 Å². The van der Waals surface area contributed by atoms with Crippen molar-refractivity contribution in [2.75, 3.05) is 54.5 Å². The van der Waals surface area contributed by atoms with Crippen LogP contribution in [0.3, 0.4) is 0 Å². The van der Waals surface area contributed by atoms with Gasteiger partial charge >= 0.3 is 0 Å². The van der Waals surface area contributed by atoms with E-state index < -0.39 is 0 Å². The highest BCUT2D eigenvalue weighted by atomic mass is 16.5. The van der Waals surface area contributed by atoms with Crippen molar-refractivity contribution in [3.63, 3.8) is 0 Å². The van der Waals surface area contributed by atoms with E-state index >= 15 is 0 Å². The molecule has 0 unspecified atom stereocenters. The number of anilines is 4. The average Bonchev–Trinajstić information content (AvgIpc) is 2.90. The quantitative estimate of drug-likeness (QED) is 0.622. The number of piperidine rings is 1. The number of aromatic nitrogens is 2. The molecule has 1 N–H and O–H groups in total. The van der Waals surface area contributed by atoms with Gasteiger partial charge < -0.3 is 19.9 Å². The lowest BCUT2D eigenvalue weighted by molar-refractivity contribution is 0.122. The van der Waals surface area contributed by atoms with Gasteiger partial charge in [0.1, 0.15) is 0 Å². The van der Waals surface area contributed by atoms with Crippen LogP contribution in [0.15, 0.2) is 54.7 Å². The van der Waals surface area contributed by atoms with Gasteiger partial charge in [-0.3, -0.25) is 0 Å². The summed E-state index contributed by atoms with van der Waals surface area (Å²) in [6, 6.07) is 18.5. The van der Waals surface area contributed by atoms with Crippen LogP contribution in [-0.4, -0.2) is 49.4 Å². The molecule has 0 aliphatic carbocycles. The Bertz CT molecular complexity index is 1130. The summed E-state index contributed by atoms with van der Waals surface area (Å²) < 4.78 is 5.47. The zero-order valence-electron chi connectivity index (χ0n) is 18.7. The Morgan fingerprint density at radius 1 is 0.848 bits per heavy atom. The van der Waals surface area contributed by atoms with Crippen LogP contribution in [0.1, 0.15) is 24.8 Å². The van der Waals surface area contributed by atoms with Crippen molar-refractivity contribution in [3.05, 3.63) is 60.3 Å². The summed E-state index contributed by atoms with van der Waals surface area (Å²) in [5.41, 5.74) is 5.54. The molecular formula is C26H28N6O. The fourth-order valence-corrected chi connectivity index (χ4v) is 4.44. The Labute approximate surface area is 194 Å². The van der Waals surface area contributed by atoms with E-state index in [0.29, 0.717) is 24.7 Å². The third-order valence-corrected chi connectivity index (χ3v) is 6.22. The Morgan fingerprint density at radius 2 is 1.61 bits per heavy atom. The molecule has 0 atom stereocenters. The molecule has 0 amide bonds. The smallest absolute Gasteiger partial charge is 0.227 e. The van der Waals surface area contributed by atoms with Crippen LogP contribution >= 0.6 is 0 Å². The SMILES string of the molecule is N#Cc1cc(-c2ccnc(Nc3ccc(N4CCCCC4)cc3)n2)cc(N2CCOCC2)c1. The summed E-state index contributed by atoms with van der Waals surface area (Å²) in [5, 5.41) is 12.9. The van der Waals surface area contributed by atoms with Crippen LogP contribution in [0.4, 0.5) is 23.0 Å². The maximum atomic E-state index is 9.56. The molecule has 7 heteroatoms. The number of nitrogens with one attached hydrogen (secondary N) is 1. The van der Waals surface area contributed by atoms with Gasteiger partial charge in [-0.2, -0.15) is 5.26 Å². The third-order valence-electron chi connectivity index (χ3n) is 6.22. The van der Waals surface area contributed by atoms with E-state index in [-0.39, 0.29) is 0 Å². The van der Waals surface area contributed by atoms with Gasteiger partial charge in [-0.1, -0.05) is 0 Å². The van der Waals surface area contributed by atoms with Gasteiger partial charge in [0.05, 0.1) is 30.5 Å². The molecule has 2 aromatic carbocycles. The lowest BCUT2D eigenvalue weighted by Gasteiger charge is -2.29. The van der Waals surface area contributed by atoms with Crippen LogP contribution in [-0.2, 0) is 4.74 Å². The molecular weight excluding hydrogens is 412 g/mol. The molecule has 33 heavy (non-hydrogen) atoms. The highest BCUT2D eigenvalue weighted by Crippen LogP contribution is 2.28. The molecule has 0 bridgehead atoms. The molecule has 1 aromatic heterocycles. The maximum Gasteiger partial charge on any atom is 0.227 e. The molecule has 0 spiro atoms. The molecule has 3 heterocycles. The standard InChI is InChI=1S/C26H28N6O/c27-19-20-16-21(18-24(17-20)32-12-14-33-15-13-32)25-8-9-28-26(30-25)29-22-4-6-23(7-5-22)31-10-2-1-3-11-31/h4-9,16-18H,1-3,10-15H2,(H,28,29,30). The molecule has 0 radical (unpaired) electrons. The van der Waals surface area contributed by atoms with E-state index in [1.165, 1.54) is 24.9 Å². The summed E-state index contributed by atoms with van der Waals surface area (Å²) in [7, 11) is 0. The zero-order chi connectivity index (χ0) is 22.5. The molecule has 5 rings (SSSR count).